The van der Waals surface area contributed by atoms with Gasteiger partial charge in [0.25, 0.3) is 0 Å². The van der Waals surface area contributed by atoms with E-state index in [2.05, 4.69) is 10.0 Å². The van der Waals surface area contributed by atoms with E-state index in [4.69, 9.17) is 0 Å². The number of anilines is 2. The van der Waals surface area contributed by atoms with Gasteiger partial charge in [0.1, 0.15) is 5.82 Å². The van der Waals surface area contributed by atoms with Crippen molar-refractivity contribution >= 4 is 27.3 Å². The van der Waals surface area contributed by atoms with Crippen LogP contribution in [-0.4, -0.2) is 40.2 Å². The Morgan fingerprint density at radius 1 is 1.09 bits per heavy atom. The van der Waals surface area contributed by atoms with Crippen molar-refractivity contribution in [3.8, 4) is 0 Å². The Hall–Kier alpha value is -2.82. The summed E-state index contributed by atoms with van der Waals surface area (Å²) in [7, 11) is -3.65. The molecule has 0 aromatic heterocycles. The summed E-state index contributed by atoms with van der Waals surface area (Å²) in [5, 5.41) is 2.76. The first-order valence-electron chi connectivity index (χ1n) is 11.3. The van der Waals surface area contributed by atoms with E-state index in [1.54, 1.807) is 6.92 Å². The molecule has 0 radical (unpaired) electrons. The Balaban J connectivity index is 1.67. The van der Waals surface area contributed by atoms with Gasteiger partial charge in [-0.1, -0.05) is 12.1 Å². The van der Waals surface area contributed by atoms with Crippen molar-refractivity contribution in [1.29, 1.82) is 0 Å². The summed E-state index contributed by atoms with van der Waals surface area (Å²) < 4.78 is 78.8. The maximum absolute atomic E-state index is 14.3. The second-order valence-electron chi connectivity index (χ2n) is 8.77. The van der Waals surface area contributed by atoms with Gasteiger partial charge in [0.15, 0.2) is 0 Å². The van der Waals surface area contributed by atoms with Gasteiger partial charge in [-0.2, -0.15) is 13.2 Å². The van der Waals surface area contributed by atoms with Gasteiger partial charge in [-0.15, -0.1) is 0 Å². The molecule has 1 aliphatic heterocycles. The zero-order valence-corrected chi connectivity index (χ0v) is 20.4. The lowest BCUT2D eigenvalue weighted by Gasteiger charge is -2.31. The molecule has 0 aliphatic carbocycles. The van der Waals surface area contributed by atoms with E-state index in [-0.39, 0.29) is 18.1 Å². The number of hydrogen-bond donors (Lipinski definition) is 2. The largest absolute Gasteiger partial charge is 0.416 e. The quantitative estimate of drug-likeness (QED) is 0.501. The molecule has 0 saturated carbocycles. The molecule has 35 heavy (non-hydrogen) atoms. The van der Waals surface area contributed by atoms with E-state index in [1.807, 2.05) is 4.90 Å². The summed E-state index contributed by atoms with van der Waals surface area (Å²) in [6.45, 7) is 3.16. The predicted octanol–water partition coefficient (Wildman–Crippen LogP) is 4.67. The van der Waals surface area contributed by atoms with Gasteiger partial charge in [-0.05, 0) is 68.0 Å². The highest BCUT2D eigenvalue weighted by molar-refractivity contribution is 7.92. The number of halogens is 4. The van der Waals surface area contributed by atoms with E-state index >= 15 is 0 Å². The van der Waals surface area contributed by atoms with Crippen LogP contribution < -0.4 is 14.9 Å². The maximum Gasteiger partial charge on any atom is 0.416 e. The average molecular weight is 516 g/mol. The number of sulfonamides is 1. The molecule has 0 bridgehead atoms. The summed E-state index contributed by atoms with van der Waals surface area (Å²) in [6.07, 6.45) is -0.311. The van der Waals surface area contributed by atoms with E-state index < -0.39 is 33.5 Å². The van der Waals surface area contributed by atoms with E-state index in [9.17, 15) is 30.8 Å². The number of carbonyl (C=O) groups is 1. The number of amides is 1. The van der Waals surface area contributed by atoms with Crippen molar-refractivity contribution in [3.63, 3.8) is 0 Å². The van der Waals surface area contributed by atoms with Gasteiger partial charge >= 0.3 is 6.18 Å². The van der Waals surface area contributed by atoms with Gasteiger partial charge in [0.2, 0.25) is 15.9 Å². The van der Waals surface area contributed by atoms with Crippen LogP contribution >= 0.6 is 0 Å². The second-order valence-corrected chi connectivity index (χ2v) is 10.5. The van der Waals surface area contributed by atoms with Crippen LogP contribution in [0.5, 0.6) is 0 Å². The highest BCUT2D eigenvalue weighted by Crippen LogP contribution is 2.34. The Morgan fingerprint density at radius 3 is 2.37 bits per heavy atom. The lowest BCUT2D eigenvalue weighted by atomic mass is 9.99. The van der Waals surface area contributed by atoms with E-state index in [0.29, 0.717) is 30.8 Å². The molecule has 3 rings (SSSR count). The van der Waals surface area contributed by atoms with Crippen LogP contribution in [0.15, 0.2) is 36.4 Å². The Kier molecular flexibility index (Phi) is 8.30. The Labute approximate surface area is 202 Å². The molecule has 1 heterocycles. The first-order chi connectivity index (χ1) is 16.3. The smallest absolute Gasteiger partial charge is 0.371 e. The number of carbonyl (C=O) groups excluding carboxylic acids is 1. The van der Waals surface area contributed by atoms with Crippen molar-refractivity contribution in [1.82, 2.24) is 5.32 Å². The van der Waals surface area contributed by atoms with Crippen LogP contribution in [0.1, 0.15) is 48.8 Å². The monoisotopic (exact) mass is 515 g/mol. The van der Waals surface area contributed by atoms with Crippen LogP contribution in [-0.2, 0) is 27.4 Å². The van der Waals surface area contributed by atoms with Crippen LogP contribution in [0, 0.1) is 5.82 Å². The second kappa shape index (κ2) is 10.8. The number of benzene rings is 2. The molecule has 192 valence electrons. The van der Waals surface area contributed by atoms with Gasteiger partial charge in [0.05, 0.1) is 23.4 Å². The average Bonchev–Trinajstić information content (AvgIpc) is 2.79. The van der Waals surface area contributed by atoms with Crippen LogP contribution in [0.25, 0.3) is 0 Å². The molecule has 1 amide bonds. The third-order valence-electron chi connectivity index (χ3n) is 5.98. The lowest BCUT2D eigenvalue weighted by Crippen LogP contribution is -2.32. The molecule has 1 aliphatic rings. The summed E-state index contributed by atoms with van der Waals surface area (Å²) in [6, 6.07) is 7.52. The summed E-state index contributed by atoms with van der Waals surface area (Å²) in [5.41, 5.74) is 0.710. The van der Waals surface area contributed by atoms with Gasteiger partial charge in [0, 0.05) is 25.3 Å². The number of rotatable bonds is 8. The zero-order chi connectivity index (χ0) is 25.8. The number of hydrogen-bond acceptors (Lipinski definition) is 4. The Bertz CT molecular complexity index is 1160. The molecular weight excluding hydrogens is 486 g/mol. The number of nitrogens with one attached hydrogen (secondary N) is 2. The summed E-state index contributed by atoms with van der Waals surface area (Å²) >= 11 is 0. The van der Waals surface area contributed by atoms with E-state index in [0.717, 1.165) is 43.2 Å². The number of alkyl halides is 3. The molecule has 2 aromatic rings. The minimum Gasteiger partial charge on any atom is -0.371 e. The molecule has 2 N–H and O–H groups in total. The summed E-state index contributed by atoms with van der Waals surface area (Å²) in [4.78, 5) is 14.6. The standard InChI is InChI=1S/C24H29F4N3O3S/c1-16(18-7-9-21(20(25)14-18)30-35(2,33)34)23(32)29-11-10-17-6-8-19(24(26,27)28)15-22(17)31-12-4-3-5-13-31/h6-9,14-16,30H,3-5,10-13H2,1-2H3,(H,29,32). The number of nitrogens with zero attached hydrogens (tertiary/aromatic N) is 1. The Morgan fingerprint density at radius 2 is 1.77 bits per heavy atom. The van der Waals surface area contributed by atoms with Gasteiger partial charge in [-0.25, -0.2) is 12.8 Å². The van der Waals surface area contributed by atoms with Crippen LogP contribution in [0.2, 0.25) is 0 Å². The van der Waals surface area contributed by atoms with Crippen molar-refractivity contribution in [2.75, 3.05) is 35.5 Å². The SMILES string of the molecule is CC(C(=O)NCCc1ccc(C(F)(F)F)cc1N1CCCCC1)c1ccc(NS(C)(=O)=O)c(F)c1. The molecule has 1 unspecified atom stereocenters. The molecular formula is C24H29F4N3O3S. The molecule has 11 heteroatoms. The molecule has 2 aromatic carbocycles. The van der Waals surface area contributed by atoms with Crippen molar-refractivity contribution in [2.45, 2.75) is 44.7 Å². The van der Waals surface area contributed by atoms with E-state index in [1.165, 1.54) is 24.3 Å². The maximum atomic E-state index is 14.3. The molecule has 1 fully saturated rings. The fourth-order valence-electron chi connectivity index (χ4n) is 4.09. The van der Waals surface area contributed by atoms with Crippen molar-refractivity contribution < 1.29 is 30.8 Å². The van der Waals surface area contributed by atoms with Crippen molar-refractivity contribution in [2.24, 2.45) is 0 Å². The summed E-state index contributed by atoms with van der Waals surface area (Å²) in [5.74, 6) is -1.89. The zero-order valence-electron chi connectivity index (χ0n) is 19.6. The third kappa shape index (κ3) is 7.33. The molecule has 1 atom stereocenters. The van der Waals surface area contributed by atoms with Gasteiger partial charge in [-0.3, -0.25) is 9.52 Å². The van der Waals surface area contributed by atoms with Crippen LogP contribution in [0.4, 0.5) is 28.9 Å². The first-order valence-corrected chi connectivity index (χ1v) is 13.2. The minimum atomic E-state index is -4.44. The highest BCUT2D eigenvalue weighted by atomic mass is 32.2. The highest BCUT2D eigenvalue weighted by Gasteiger charge is 2.31. The number of piperidine rings is 1. The normalized spacial score (nSPS) is 15.5. The fraction of sp³-hybridized carbons (Fsp3) is 0.458. The van der Waals surface area contributed by atoms with Crippen LogP contribution in [0.3, 0.4) is 0 Å². The minimum absolute atomic E-state index is 0.200. The van der Waals surface area contributed by atoms with Gasteiger partial charge < -0.3 is 10.2 Å². The topological polar surface area (TPSA) is 78.5 Å². The molecule has 0 spiro atoms. The lowest BCUT2D eigenvalue weighted by molar-refractivity contribution is -0.137. The third-order valence-corrected chi connectivity index (χ3v) is 6.58. The first kappa shape index (κ1) is 26.8. The predicted molar refractivity (Wildman–Crippen MR) is 128 cm³/mol. The fourth-order valence-corrected chi connectivity index (χ4v) is 4.65. The molecule has 6 nitrogen and oxygen atoms in total. The molecule has 1 saturated heterocycles. The van der Waals surface area contributed by atoms with Crippen molar-refractivity contribution in [3.05, 3.63) is 58.9 Å².